The molecule has 1 unspecified atom stereocenters. The van der Waals surface area contributed by atoms with Gasteiger partial charge in [-0.2, -0.15) is 0 Å². The normalized spacial score (nSPS) is 24.6. The molecule has 0 bridgehead atoms. The summed E-state index contributed by atoms with van der Waals surface area (Å²) >= 11 is 0. The van der Waals surface area contributed by atoms with Gasteiger partial charge >= 0.3 is 0 Å². The Balaban J connectivity index is 2.66. The van der Waals surface area contributed by atoms with Gasteiger partial charge in [-0.15, -0.1) is 0 Å². The molecule has 1 aromatic carbocycles. The minimum absolute atomic E-state index is 0.0559. The van der Waals surface area contributed by atoms with E-state index in [1.807, 2.05) is 12.1 Å². The van der Waals surface area contributed by atoms with Crippen molar-refractivity contribution in [2.45, 2.75) is 154 Å². The largest absolute Gasteiger partial charge is 0.497 e. The zero-order valence-electron chi connectivity index (χ0n) is 28.2. The zero-order valence-corrected chi connectivity index (χ0v) is 31.2. The van der Waals surface area contributed by atoms with E-state index in [1.165, 1.54) is 0 Å². The van der Waals surface area contributed by atoms with Crippen molar-refractivity contribution in [2.24, 2.45) is 0 Å². The molecule has 5 atom stereocenters. The first-order chi connectivity index (χ1) is 17.3. The lowest BCUT2D eigenvalue weighted by Gasteiger charge is -2.45. The summed E-state index contributed by atoms with van der Waals surface area (Å²) in [6.07, 6.45) is -1.09. The summed E-state index contributed by atoms with van der Waals surface area (Å²) in [4.78, 5) is 0. The van der Waals surface area contributed by atoms with Crippen LogP contribution in [0.25, 0.3) is 0 Å². The molecular weight excluding hydrogens is 537 g/mol. The van der Waals surface area contributed by atoms with E-state index < -0.39 is 25.0 Å². The smallest absolute Gasteiger partial charge is 0.192 e. The van der Waals surface area contributed by atoms with Crippen molar-refractivity contribution in [3.8, 4) is 5.75 Å². The topological polar surface area (TPSA) is 46.2 Å². The Labute approximate surface area is 244 Å². The number of benzene rings is 1. The highest BCUT2D eigenvalue weighted by Gasteiger charge is 2.56. The summed E-state index contributed by atoms with van der Waals surface area (Å²) in [5.41, 5.74) is 1.09. The van der Waals surface area contributed by atoms with E-state index in [2.05, 4.69) is 121 Å². The van der Waals surface area contributed by atoms with Gasteiger partial charge < -0.3 is 22.8 Å². The van der Waals surface area contributed by atoms with Crippen LogP contribution in [0.2, 0.25) is 54.4 Å². The van der Waals surface area contributed by atoms with Crippen molar-refractivity contribution in [1.82, 2.24) is 0 Å². The Hall–Kier alpha value is -0.489. The molecular formula is C31H60O5Si3. The Morgan fingerprint density at radius 3 is 1.46 bits per heavy atom. The standard InChI is InChI=1S/C31H60O5Si3/c1-22(34-37(12,13)29(2,3)4)25-27(35-38(14,15)30(5,6)7)28(36-39(16,17)31(8,9)10)26(33-25)23-18-20-24(32-11)21-19-23/h18-22,25-28H,1-17H3/t22?,25-,26+,27-,28-/m0/s1. The first-order valence-corrected chi connectivity index (χ1v) is 23.4. The number of hydrogen-bond donors (Lipinski definition) is 0. The van der Waals surface area contributed by atoms with Gasteiger partial charge in [-0.05, 0) is 79.0 Å². The predicted molar refractivity (Wildman–Crippen MR) is 172 cm³/mol. The molecule has 0 amide bonds. The van der Waals surface area contributed by atoms with Crippen molar-refractivity contribution in [3.63, 3.8) is 0 Å². The summed E-state index contributed by atoms with van der Waals surface area (Å²) in [5, 5.41) is 0.212. The van der Waals surface area contributed by atoms with Gasteiger partial charge in [-0.3, -0.25) is 0 Å². The van der Waals surface area contributed by atoms with E-state index in [-0.39, 0.29) is 45.6 Å². The molecule has 39 heavy (non-hydrogen) atoms. The Kier molecular flexibility index (Phi) is 10.4. The number of hydrogen-bond acceptors (Lipinski definition) is 5. The highest BCUT2D eigenvalue weighted by molar-refractivity contribution is 6.75. The minimum Gasteiger partial charge on any atom is -0.497 e. The molecule has 0 aromatic heterocycles. The second-order valence-electron chi connectivity index (χ2n) is 16.1. The minimum atomic E-state index is -2.17. The highest BCUT2D eigenvalue weighted by Crippen LogP contribution is 2.48. The van der Waals surface area contributed by atoms with Crippen LogP contribution in [0.5, 0.6) is 5.75 Å². The van der Waals surface area contributed by atoms with Crippen LogP contribution in [0.1, 0.15) is 80.9 Å². The van der Waals surface area contributed by atoms with Crippen molar-refractivity contribution in [1.29, 1.82) is 0 Å². The average molecular weight is 597 g/mol. The lowest BCUT2D eigenvalue weighted by molar-refractivity contribution is -0.0513. The van der Waals surface area contributed by atoms with Gasteiger partial charge in [0.25, 0.3) is 0 Å². The van der Waals surface area contributed by atoms with Crippen LogP contribution in [0, 0.1) is 0 Å². The maximum Gasteiger partial charge on any atom is 0.192 e. The van der Waals surface area contributed by atoms with Crippen LogP contribution in [-0.2, 0) is 18.0 Å². The Morgan fingerprint density at radius 1 is 0.667 bits per heavy atom. The lowest BCUT2D eigenvalue weighted by Crippen LogP contribution is -2.55. The molecule has 0 spiro atoms. The van der Waals surface area contributed by atoms with Crippen LogP contribution >= 0.6 is 0 Å². The second kappa shape index (κ2) is 11.7. The van der Waals surface area contributed by atoms with E-state index in [9.17, 15) is 0 Å². The summed E-state index contributed by atoms with van der Waals surface area (Å²) in [6, 6.07) is 8.23. The predicted octanol–water partition coefficient (Wildman–Crippen LogP) is 9.33. The van der Waals surface area contributed by atoms with Crippen LogP contribution < -0.4 is 4.74 Å². The number of rotatable bonds is 9. The maximum absolute atomic E-state index is 7.29. The lowest BCUT2D eigenvalue weighted by atomic mass is 10.00. The number of methoxy groups -OCH3 is 1. The van der Waals surface area contributed by atoms with Crippen molar-refractivity contribution >= 4 is 25.0 Å². The molecule has 8 heteroatoms. The molecule has 226 valence electrons. The molecule has 1 fully saturated rings. The first-order valence-electron chi connectivity index (χ1n) is 14.7. The molecule has 1 aromatic rings. The average Bonchev–Trinajstić information content (AvgIpc) is 3.08. The third-order valence-electron chi connectivity index (χ3n) is 9.92. The van der Waals surface area contributed by atoms with Crippen LogP contribution in [0.3, 0.4) is 0 Å². The SMILES string of the molecule is COc1ccc([C@H]2O[C@@H](C(C)O[Si](C)(C)C(C)(C)C)[C@H](O[Si](C)(C)C(C)(C)C)[C@H]2O[Si](C)(C)C(C)(C)C)cc1. The van der Waals surface area contributed by atoms with E-state index in [4.69, 9.17) is 22.8 Å². The van der Waals surface area contributed by atoms with Crippen LogP contribution in [0.15, 0.2) is 24.3 Å². The molecule has 2 rings (SSSR count). The van der Waals surface area contributed by atoms with Crippen LogP contribution in [-0.4, -0.2) is 56.5 Å². The highest BCUT2D eigenvalue weighted by atomic mass is 28.4. The fourth-order valence-electron chi connectivity index (χ4n) is 4.13. The molecule has 1 saturated heterocycles. The third kappa shape index (κ3) is 7.87. The third-order valence-corrected chi connectivity index (χ3v) is 23.4. The van der Waals surface area contributed by atoms with Gasteiger partial charge in [0.05, 0.1) is 13.2 Å². The monoisotopic (exact) mass is 596 g/mol. The Bertz CT molecular complexity index is 939. The number of ether oxygens (including phenoxy) is 2. The van der Waals surface area contributed by atoms with Gasteiger partial charge in [-0.1, -0.05) is 74.4 Å². The second-order valence-corrected chi connectivity index (χ2v) is 30.3. The molecule has 0 radical (unpaired) electrons. The molecule has 0 saturated carbocycles. The van der Waals surface area contributed by atoms with E-state index in [0.717, 1.165) is 11.3 Å². The molecule has 1 aliphatic rings. The maximum atomic E-state index is 7.29. The summed E-state index contributed by atoms with van der Waals surface area (Å²) in [5.74, 6) is 0.832. The zero-order chi connectivity index (χ0) is 30.4. The van der Waals surface area contributed by atoms with E-state index in [1.54, 1.807) is 7.11 Å². The van der Waals surface area contributed by atoms with E-state index >= 15 is 0 Å². The molecule has 0 N–H and O–H groups in total. The van der Waals surface area contributed by atoms with Gasteiger partial charge in [0.2, 0.25) is 0 Å². The summed E-state index contributed by atoms with van der Waals surface area (Å²) in [7, 11) is -4.69. The van der Waals surface area contributed by atoms with Gasteiger partial charge in [0.1, 0.15) is 30.2 Å². The quantitative estimate of drug-likeness (QED) is 0.266. The molecule has 1 aliphatic heterocycles. The van der Waals surface area contributed by atoms with E-state index in [0.29, 0.717) is 0 Å². The van der Waals surface area contributed by atoms with Gasteiger partial charge in [-0.25, -0.2) is 0 Å². The molecule has 1 heterocycles. The van der Waals surface area contributed by atoms with Crippen LogP contribution in [0.4, 0.5) is 0 Å². The fraction of sp³-hybridized carbons (Fsp3) is 0.806. The van der Waals surface area contributed by atoms with Crippen molar-refractivity contribution in [2.75, 3.05) is 7.11 Å². The first kappa shape index (κ1) is 34.7. The molecule has 0 aliphatic carbocycles. The van der Waals surface area contributed by atoms with Gasteiger partial charge in [0.15, 0.2) is 25.0 Å². The molecule has 5 nitrogen and oxygen atoms in total. The summed E-state index contributed by atoms with van der Waals surface area (Å²) < 4.78 is 34.0. The van der Waals surface area contributed by atoms with Crippen molar-refractivity contribution in [3.05, 3.63) is 29.8 Å². The van der Waals surface area contributed by atoms with Crippen molar-refractivity contribution < 1.29 is 22.8 Å². The Morgan fingerprint density at radius 2 is 1.08 bits per heavy atom. The van der Waals surface area contributed by atoms with Gasteiger partial charge in [0, 0.05) is 0 Å². The summed E-state index contributed by atoms with van der Waals surface area (Å²) in [6.45, 7) is 36.7. The fourth-order valence-corrected chi connectivity index (χ4v) is 8.14.